The number of nitrogens with one attached hydrogen (secondary N) is 1. The molecule has 0 saturated heterocycles. The highest BCUT2D eigenvalue weighted by Crippen LogP contribution is 2.18. The number of hydrogen-bond donors (Lipinski definition) is 1. The lowest BCUT2D eigenvalue weighted by molar-refractivity contribution is -0.131. The summed E-state index contributed by atoms with van der Waals surface area (Å²) in [5, 5.41) is 3.05. The molecule has 1 N–H and O–H groups in total. The Morgan fingerprint density at radius 1 is 1.35 bits per heavy atom. The lowest BCUT2D eigenvalue weighted by atomic mass is 10.1. The summed E-state index contributed by atoms with van der Waals surface area (Å²) in [4.78, 5) is 13.8. The predicted molar refractivity (Wildman–Crippen MR) is 70.8 cm³/mol. The monoisotopic (exact) mass is 234 g/mol. The molecule has 0 spiro atoms. The van der Waals surface area contributed by atoms with Crippen LogP contribution in [-0.2, 0) is 4.79 Å². The fraction of sp³-hybridized carbons (Fsp3) is 0.500. The lowest BCUT2D eigenvalue weighted by Crippen LogP contribution is -2.30. The maximum absolute atomic E-state index is 11.9. The average molecular weight is 234 g/mol. The van der Waals surface area contributed by atoms with E-state index in [1.54, 1.807) is 0 Å². The van der Waals surface area contributed by atoms with E-state index >= 15 is 0 Å². The van der Waals surface area contributed by atoms with Crippen LogP contribution < -0.4 is 5.32 Å². The molecule has 1 atom stereocenters. The first-order chi connectivity index (χ1) is 8.16. The number of rotatable bonds is 6. The summed E-state index contributed by atoms with van der Waals surface area (Å²) in [7, 11) is 3.78. The highest BCUT2D eigenvalue weighted by Gasteiger charge is 2.16. The third-order valence-corrected chi connectivity index (χ3v) is 3.07. The van der Waals surface area contributed by atoms with Crippen molar-refractivity contribution < 1.29 is 4.79 Å². The third-order valence-electron chi connectivity index (χ3n) is 3.07. The Hall–Kier alpha value is -1.35. The molecule has 0 saturated carbocycles. The molecular weight excluding hydrogens is 212 g/mol. The molecule has 3 nitrogen and oxygen atoms in total. The van der Waals surface area contributed by atoms with Crippen molar-refractivity contribution in [2.45, 2.75) is 25.8 Å². The van der Waals surface area contributed by atoms with Crippen LogP contribution >= 0.6 is 0 Å². The van der Waals surface area contributed by atoms with Crippen LogP contribution in [0.25, 0.3) is 0 Å². The first-order valence-corrected chi connectivity index (χ1v) is 6.12. The molecule has 1 aromatic carbocycles. The van der Waals surface area contributed by atoms with Crippen molar-refractivity contribution in [2.24, 2.45) is 0 Å². The van der Waals surface area contributed by atoms with Crippen LogP contribution in [0.15, 0.2) is 30.3 Å². The van der Waals surface area contributed by atoms with E-state index in [0.717, 1.165) is 13.0 Å². The van der Waals surface area contributed by atoms with E-state index in [0.29, 0.717) is 6.42 Å². The minimum atomic E-state index is 0.137. The highest BCUT2D eigenvalue weighted by atomic mass is 16.2. The topological polar surface area (TPSA) is 32.3 Å². The molecule has 0 aromatic heterocycles. The van der Waals surface area contributed by atoms with Crippen molar-refractivity contribution in [1.82, 2.24) is 10.2 Å². The van der Waals surface area contributed by atoms with E-state index in [2.05, 4.69) is 24.4 Å². The maximum atomic E-state index is 11.9. The zero-order valence-corrected chi connectivity index (χ0v) is 10.9. The van der Waals surface area contributed by atoms with Gasteiger partial charge in [-0.3, -0.25) is 4.79 Å². The Labute approximate surface area is 104 Å². The maximum Gasteiger partial charge on any atom is 0.222 e. The van der Waals surface area contributed by atoms with Gasteiger partial charge in [-0.15, -0.1) is 0 Å². The van der Waals surface area contributed by atoms with Crippen LogP contribution in [0.5, 0.6) is 0 Å². The molecule has 0 bridgehead atoms. The van der Waals surface area contributed by atoms with Crippen molar-refractivity contribution in [1.29, 1.82) is 0 Å². The molecular formula is C14H22N2O. The summed E-state index contributed by atoms with van der Waals surface area (Å²) in [6, 6.07) is 10.3. The quantitative estimate of drug-likeness (QED) is 0.765. The summed E-state index contributed by atoms with van der Waals surface area (Å²) in [5.41, 5.74) is 1.18. The number of benzene rings is 1. The highest BCUT2D eigenvalue weighted by molar-refractivity contribution is 5.76. The van der Waals surface area contributed by atoms with Gasteiger partial charge in [0.15, 0.2) is 0 Å². The molecule has 1 rings (SSSR count). The van der Waals surface area contributed by atoms with E-state index < -0.39 is 0 Å². The molecule has 0 heterocycles. The van der Waals surface area contributed by atoms with Gasteiger partial charge >= 0.3 is 0 Å². The zero-order chi connectivity index (χ0) is 12.7. The minimum absolute atomic E-state index is 0.137. The second kappa shape index (κ2) is 7.07. The van der Waals surface area contributed by atoms with Crippen LogP contribution in [-0.4, -0.2) is 31.4 Å². The van der Waals surface area contributed by atoms with Gasteiger partial charge in [0, 0.05) is 13.5 Å². The van der Waals surface area contributed by atoms with E-state index in [1.165, 1.54) is 5.56 Å². The van der Waals surface area contributed by atoms with E-state index in [4.69, 9.17) is 0 Å². The molecule has 0 fully saturated rings. The van der Waals surface area contributed by atoms with Crippen LogP contribution in [0.3, 0.4) is 0 Å². The molecule has 0 aliphatic carbocycles. The molecule has 17 heavy (non-hydrogen) atoms. The minimum Gasteiger partial charge on any atom is -0.339 e. The van der Waals surface area contributed by atoms with Crippen molar-refractivity contribution in [3.05, 3.63) is 35.9 Å². The van der Waals surface area contributed by atoms with Crippen molar-refractivity contribution >= 4 is 5.91 Å². The Morgan fingerprint density at radius 3 is 2.59 bits per heavy atom. The first kappa shape index (κ1) is 13.7. The largest absolute Gasteiger partial charge is 0.339 e. The zero-order valence-electron chi connectivity index (χ0n) is 10.9. The first-order valence-electron chi connectivity index (χ1n) is 6.12. The SMILES string of the molecule is CNCCCC(=O)N(C)C(C)c1ccccc1. The van der Waals surface area contributed by atoms with Crippen molar-refractivity contribution in [3.8, 4) is 0 Å². The number of carbonyl (C=O) groups excluding carboxylic acids is 1. The Morgan fingerprint density at radius 2 is 2.00 bits per heavy atom. The molecule has 1 amide bonds. The van der Waals surface area contributed by atoms with Gasteiger partial charge in [0.2, 0.25) is 5.91 Å². The fourth-order valence-electron chi connectivity index (χ4n) is 1.76. The predicted octanol–water partition coefficient (Wildman–Crippen LogP) is 2.21. The van der Waals surface area contributed by atoms with E-state index in [1.807, 2.05) is 37.2 Å². The summed E-state index contributed by atoms with van der Waals surface area (Å²) in [6.07, 6.45) is 1.50. The molecule has 1 unspecified atom stereocenters. The molecule has 0 aliphatic rings. The van der Waals surface area contributed by atoms with Gasteiger partial charge in [0.1, 0.15) is 0 Å². The number of hydrogen-bond acceptors (Lipinski definition) is 2. The van der Waals surface area contributed by atoms with Gasteiger partial charge in [0.05, 0.1) is 6.04 Å². The van der Waals surface area contributed by atoms with E-state index in [-0.39, 0.29) is 11.9 Å². The van der Waals surface area contributed by atoms with Crippen LogP contribution in [0.4, 0.5) is 0 Å². The standard InChI is InChI=1S/C14H22N2O/c1-12(13-8-5-4-6-9-13)16(3)14(17)10-7-11-15-2/h4-6,8-9,12,15H,7,10-11H2,1-3H3. The Bertz CT molecular complexity index is 337. The van der Waals surface area contributed by atoms with Gasteiger partial charge in [0.25, 0.3) is 0 Å². The Balaban J connectivity index is 2.51. The van der Waals surface area contributed by atoms with Gasteiger partial charge in [-0.05, 0) is 32.5 Å². The molecule has 3 heteroatoms. The second-order valence-corrected chi connectivity index (χ2v) is 4.30. The summed E-state index contributed by atoms with van der Waals surface area (Å²) >= 11 is 0. The summed E-state index contributed by atoms with van der Waals surface area (Å²) in [6.45, 7) is 2.95. The van der Waals surface area contributed by atoms with Crippen LogP contribution in [0.1, 0.15) is 31.4 Å². The smallest absolute Gasteiger partial charge is 0.222 e. The third kappa shape index (κ3) is 4.19. The normalized spacial score (nSPS) is 12.2. The molecule has 94 valence electrons. The van der Waals surface area contributed by atoms with Gasteiger partial charge in [-0.2, -0.15) is 0 Å². The molecule has 1 aromatic rings. The molecule has 0 radical (unpaired) electrons. The number of amides is 1. The summed E-state index contributed by atoms with van der Waals surface area (Å²) < 4.78 is 0. The second-order valence-electron chi connectivity index (χ2n) is 4.30. The van der Waals surface area contributed by atoms with E-state index in [9.17, 15) is 4.79 Å². The van der Waals surface area contributed by atoms with Crippen LogP contribution in [0, 0.1) is 0 Å². The number of nitrogens with zero attached hydrogens (tertiary/aromatic N) is 1. The van der Waals surface area contributed by atoms with Crippen LogP contribution in [0.2, 0.25) is 0 Å². The van der Waals surface area contributed by atoms with Crippen molar-refractivity contribution in [3.63, 3.8) is 0 Å². The fourth-order valence-corrected chi connectivity index (χ4v) is 1.76. The van der Waals surface area contributed by atoms with Gasteiger partial charge in [-0.1, -0.05) is 30.3 Å². The van der Waals surface area contributed by atoms with Crippen molar-refractivity contribution in [2.75, 3.05) is 20.6 Å². The van der Waals surface area contributed by atoms with Gasteiger partial charge < -0.3 is 10.2 Å². The Kier molecular flexibility index (Phi) is 5.70. The average Bonchev–Trinajstić information content (AvgIpc) is 2.38. The molecule has 0 aliphatic heterocycles. The summed E-state index contributed by atoms with van der Waals surface area (Å²) in [5.74, 6) is 0.205. The number of carbonyl (C=O) groups is 1. The van der Waals surface area contributed by atoms with Gasteiger partial charge in [-0.25, -0.2) is 0 Å². The lowest BCUT2D eigenvalue weighted by Gasteiger charge is -2.25.